The van der Waals surface area contributed by atoms with Crippen LogP contribution in [0.25, 0.3) is 0 Å². The minimum Gasteiger partial charge on any atom is -0.461 e. The number of hydrogen-bond acceptors (Lipinski definition) is 12. The van der Waals surface area contributed by atoms with Crippen molar-refractivity contribution in [3.05, 3.63) is 24.7 Å². The molecule has 2 aliphatic heterocycles. The number of esters is 2. The zero-order valence-corrected chi connectivity index (χ0v) is 27.3. The molecule has 0 spiro atoms. The molecule has 0 bridgehead atoms. The van der Waals surface area contributed by atoms with Gasteiger partial charge in [0.05, 0.1) is 6.61 Å². The number of nitrogens with one attached hydrogen (secondary N) is 1. The molecule has 0 aromatic rings. The van der Waals surface area contributed by atoms with Gasteiger partial charge in [-0.2, -0.15) is 0 Å². The monoisotopic (exact) mass is 658 g/mol. The van der Waals surface area contributed by atoms with Crippen molar-refractivity contribution in [1.82, 2.24) is 9.99 Å². The van der Waals surface area contributed by atoms with Gasteiger partial charge < -0.3 is 30.0 Å². The number of aliphatic imine (C=N–C) groups is 1. The molecule has 0 radical (unpaired) electrons. The van der Waals surface area contributed by atoms with Gasteiger partial charge in [0.2, 0.25) is 0 Å². The minimum absolute atomic E-state index is 0.0407. The van der Waals surface area contributed by atoms with Crippen LogP contribution in [0.2, 0.25) is 0 Å². The number of aliphatic hydroxyl groups excluding tert-OH is 1. The molecular weight excluding hydrogens is 610 g/mol. The Balaban J connectivity index is 1.48. The Morgan fingerprint density at radius 2 is 1.73 bits per heavy atom. The molecule has 4 N–H and O–H groups in total. The third-order valence-corrected chi connectivity index (χ3v) is 10.6. The van der Waals surface area contributed by atoms with Gasteiger partial charge >= 0.3 is 19.7 Å². The molecule has 13 nitrogen and oxygen atoms in total. The highest BCUT2D eigenvalue weighted by atomic mass is 31.2. The Morgan fingerprint density at radius 3 is 2.29 bits per heavy atom. The summed E-state index contributed by atoms with van der Waals surface area (Å²) in [5, 5.41) is 13.6. The minimum atomic E-state index is -4.52. The molecule has 4 aliphatic rings. The first-order valence-electron chi connectivity index (χ1n) is 16.0. The number of halogens is 1. The summed E-state index contributed by atoms with van der Waals surface area (Å²) in [7, 11) is -4.52. The average molecular weight is 659 g/mol. The van der Waals surface area contributed by atoms with Crippen molar-refractivity contribution < 1.29 is 46.9 Å². The van der Waals surface area contributed by atoms with E-state index in [1.165, 1.54) is 31.0 Å². The van der Waals surface area contributed by atoms with Gasteiger partial charge in [-0.15, -0.1) is 0 Å². The molecule has 3 unspecified atom stereocenters. The third-order valence-electron chi connectivity index (χ3n) is 8.79. The van der Waals surface area contributed by atoms with Crippen LogP contribution in [0.15, 0.2) is 29.7 Å². The van der Waals surface area contributed by atoms with Crippen molar-refractivity contribution in [2.75, 3.05) is 6.61 Å². The van der Waals surface area contributed by atoms with E-state index in [9.17, 15) is 19.3 Å². The molecule has 0 aromatic carbocycles. The van der Waals surface area contributed by atoms with Crippen LogP contribution in [-0.2, 0) is 37.4 Å². The number of rotatable bonds is 13. The number of aliphatic hydroxyl groups is 1. The van der Waals surface area contributed by atoms with Crippen LogP contribution in [0, 0.1) is 0 Å². The van der Waals surface area contributed by atoms with Crippen LogP contribution in [0.5, 0.6) is 0 Å². The summed E-state index contributed by atoms with van der Waals surface area (Å²) in [4.78, 5) is 31.2. The van der Waals surface area contributed by atoms with Crippen LogP contribution in [0.4, 0.5) is 4.39 Å². The second-order valence-corrected chi connectivity index (χ2v) is 14.0. The second kappa shape index (κ2) is 15.5. The zero-order valence-electron chi connectivity index (χ0n) is 26.4. The predicted octanol–water partition coefficient (Wildman–Crippen LogP) is 4.11. The highest BCUT2D eigenvalue weighted by Gasteiger charge is 2.57. The van der Waals surface area contributed by atoms with Gasteiger partial charge in [0.25, 0.3) is 0 Å². The first-order chi connectivity index (χ1) is 21.4. The summed E-state index contributed by atoms with van der Waals surface area (Å²) in [5.41, 5.74) is 4.01. The van der Waals surface area contributed by atoms with Gasteiger partial charge in [0.1, 0.15) is 41.6 Å². The first-order valence-corrected chi connectivity index (χ1v) is 17.5. The fraction of sp³-hybridized carbons (Fsp3) is 0.767. The summed E-state index contributed by atoms with van der Waals surface area (Å²) in [6.07, 6.45) is 4.92. The fourth-order valence-corrected chi connectivity index (χ4v) is 7.66. The number of alkyl halides is 1. The van der Waals surface area contributed by atoms with Gasteiger partial charge in [0, 0.05) is 6.20 Å². The van der Waals surface area contributed by atoms with Crippen molar-refractivity contribution in [3.63, 3.8) is 0 Å². The highest BCUT2D eigenvalue weighted by Crippen LogP contribution is 2.49. The maximum absolute atomic E-state index is 15.6. The van der Waals surface area contributed by atoms with E-state index in [1.54, 1.807) is 6.92 Å². The largest absolute Gasteiger partial charge is 0.461 e. The molecule has 15 heteroatoms. The summed E-state index contributed by atoms with van der Waals surface area (Å²) < 4.78 is 58.5. The lowest BCUT2D eigenvalue weighted by Gasteiger charge is -2.34. The molecule has 0 aromatic heterocycles. The van der Waals surface area contributed by atoms with Crippen molar-refractivity contribution in [1.29, 1.82) is 0 Å². The van der Waals surface area contributed by atoms with Gasteiger partial charge in [-0.1, -0.05) is 26.3 Å². The second-order valence-electron chi connectivity index (χ2n) is 12.3. The normalized spacial score (nSPS) is 30.8. The highest BCUT2D eigenvalue weighted by molar-refractivity contribution is 7.51. The quantitative estimate of drug-likeness (QED) is 0.191. The summed E-state index contributed by atoms with van der Waals surface area (Å²) >= 11 is 0. The van der Waals surface area contributed by atoms with Crippen LogP contribution in [0.3, 0.4) is 0 Å². The molecule has 0 amide bonds. The summed E-state index contributed by atoms with van der Waals surface area (Å²) in [6, 6.07) is -1.15. The van der Waals surface area contributed by atoms with Crippen LogP contribution < -0.4 is 10.8 Å². The van der Waals surface area contributed by atoms with E-state index in [0.29, 0.717) is 0 Å². The van der Waals surface area contributed by atoms with E-state index in [2.05, 4.69) is 16.7 Å². The Bertz CT molecular complexity index is 1130. The van der Waals surface area contributed by atoms with Gasteiger partial charge in [-0.3, -0.25) is 13.8 Å². The first kappa shape index (κ1) is 35.5. The van der Waals surface area contributed by atoms with Crippen LogP contribution in [0.1, 0.15) is 91.4 Å². The van der Waals surface area contributed by atoms with E-state index in [0.717, 1.165) is 64.2 Å². The van der Waals surface area contributed by atoms with E-state index >= 15 is 4.39 Å². The molecular formula is C30H48FN4O9P. The van der Waals surface area contributed by atoms with Crippen LogP contribution in [-0.4, -0.2) is 82.8 Å². The molecule has 1 saturated heterocycles. The Kier molecular flexibility index (Phi) is 12.2. The Hall–Kier alpha value is -2.35. The van der Waals surface area contributed by atoms with Crippen molar-refractivity contribution in [3.8, 4) is 0 Å². The molecule has 2 aliphatic carbocycles. The zero-order chi connectivity index (χ0) is 32.8. The maximum Gasteiger partial charge on any atom is 0.407 e. The molecule has 45 heavy (non-hydrogen) atoms. The lowest BCUT2D eigenvalue weighted by molar-refractivity contribution is -0.159. The van der Waals surface area contributed by atoms with E-state index in [4.69, 9.17) is 29.0 Å². The topological polar surface area (TPSA) is 171 Å². The average Bonchev–Trinajstić information content (AvgIpc) is 3.26. The molecule has 254 valence electrons. The number of nitrogens with two attached hydrogens (primary N) is 1. The number of carbonyl (C=O) groups is 2. The van der Waals surface area contributed by atoms with Crippen molar-refractivity contribution >= 4 is 25.5 Å². The number of amidine groups is 1. The third kappa shape index (κ3) is 8.93. The Labute approximate surface area is 264 Å². The van der Waals surface area contributed by atoms with Crippen LogP contribution >= 0.6 is 7.75 Å². The van der Waals surface area contributed by atoms with Crippen molar-refractivity contribution in [2.24, 2.45) is 10.7 Å². The number of ether oxygens (including phenoxy) is 3. The van der Waals surface area contributed by atoms with Gasteiger partial charge in [-0.25, -0.2) is 23.8 Å². The SMILES string of the molecule is C=C1N=C(N)C=CN1[C@@H]1O[C@](CC)(COP(=O)(NC(C)C(=O)OC2CCCCC2)OC(C)C(=O)OC2CCCCC2)[C@@H](O)[C@H]1F. The molecule has 4 rings (SSSR count). The van der Waals surface area contributed by atoms with E-state index in [-0.39, 0.29) is 30.3 Å². The van der Waals surface area contributed by atoms with E-state index < -0.39 is 62.5 Å². The number of carbonyl (C=O) groups excluding carboxylic acids is 2. The van der Waals surface area contributed by atoms with E-state index in [1.807, 2.05) is 0 Å². The standard InChI is InChI=1S/C30H48FN4O9P/c1-5-30(26(36)25(31)27(43-30)35-17-16-24(32)33-21(35)4)18-40-45(39,34-19(2)28(37)41-22-12-8-6-9-13-22)44-20(3)29(38)42-23-14-10-7-11-15-23/h16-17,19-20,22-23,25-27,36H,4-15,18H2,1-3H3,(H2,32,33)(H,34,39)/t19?,20?,25-,26+,27-,30-,45?/m1/s1. The number of hydrogen-bond donors (Lipinski definition) is 3. The smallest absolute Gasteiger partial charge is 0.407 e. The molecule has 2 saturated carbocycles. The summed E-state index contributed by atoms with van der Waals surface area (Å²) in [5.74, 6) is -1.11. The lowest BCUT2D eigenvalue weighted by Crippen LogP contribution is -2.46. The Morgan fingerprint density at radius 1 is 1.16 bits per heavy atom. The molecule has 3 fully saturated rings. The maximum atomic E-state index is 15.6. The lowest BCUT2D eigenvalue weighted by atomic mass is 9.94. The van der Waals surface area contributed by atoms with Gasteiger partial charge in [-0.05, 0) is 77.7 Å². The predicted molar refractivity (Wildman–Crippen MR) is 163 cm³/mol. The molecule has 2 heterocycles. The molecule has 7 atom stereocenters. The number of nitrogens with zero attached hydrogens (tertiary/aromatic N) is 2. The summed E-state index contributed by atoms with van der Waals surface area (Å²) in [6.45, 7) is 7.62. The fourth-order valence-electron chi connectivity index (χ4n) is 5.99. The van der Waals surface area contributed by atoms with Gasteiger partial charge in [0.15, 0.2) is 18.5 Å². The van der Waals surface area contributed by atoms with Crippen molar-refractivity contribution in [2.45, 2.75) is 140 Å².